The quantitative estimate of drug-likeness (QED) is 0.461. The van der Waals surface area contributed by atoms with Crippen LogP contribution in [0.15, 0.2) is 84.0 Å². The number of benzene rings is 2. The average Bonchev–Trinajstić information content (AvgIpc) is 2.74. The van der Waals surface area contributed by atoms with Crippen molar-refractivity contribution in [2.24, 2.45) is 0 Å². The summed E-state index contributed by atoms with van der Waals surface area (Å²) in [6, 6.07) is 15.5. The molecule has 7 heteroatoms. The fourth-order valence-corrected chi connectivity index (χ4v) is 4.51. The standard InChI is InChI=1S/C23H21FN2O3S/c1-17-4-6-18(7-5-17)8-13-23(27)26-16-22(19-3-2-14-25-15-19)30(28,29)21-11-9-20(24)10-12-21/h2-15,22H,16H2,1H3,(H,26,27)/b13-8+. The number of sulfone groups is 1. The summed E-state index contributed by atoms with van der Waals surface area (Å²) in [6.45, 7) is 1.82. The van der Waals surface area contributed by atoms with Gasteiger partial charge in [0.1, 0.15) is 11.1 Å². The molecule has 30 heavy (non-hydrogen) atoms. The summed E-state index contributed by atoms with van der Waals surface area (Å²) in [6.07, 6.45) is 5.99. The maximum atomic E-state index is 13.2. The molecule has 0 saturated heterocycles. The van der Waals surface area contributed by atoms with Crippen LogP contribution in [0.1, 0.15) is 21.9 Å². The van der Waals surface area contributed by atoms with Crippen molar-refractivity contribution < 1.29 is 17.6 Å². The lowest BCUT2D eigenvalue weighted by atomic mass is 10.1. The van der Waals surface area contributed by atoms with E-state index in [2.05, 4.69) is 10.3 Å². The SMILES string of the molecule is Cc1ccc(/C=C/C(=O)NCC(c2cccnc2)S(=O)(=O)c2ccc(F)cc2)cc1. The Kier molecular flexibility index (Phi) is 6.74. The lowest BCUT2D eigenvalue weighted by Crippen LogP contribution is -2.31. The fourth-order valence-electron chi connectivity index (χ4n) is 2.86. The Labute approximate surface area is 175 Å². The van der Waals surface area contributed by atoms with Crippen LogP contribution in [0.4, 0.5) is 4.39 Å². The van der Waals surface area contributed by atoms with Gasteiger partial charge in [-0.1, -0.05) is 35.9 Å². The number of halogens is 1. The van der Waals surface area contributed by atoms with Crippen LogP contribution in [-0.4, -0.2) is 25.9 Å². The maximum Gasteiger partial charge on any atom is 0.244 e. The van der Waals surface area contributed by atoms with Crippen molar-refractivity contribution in [2.75, 3.05) is 6.54 Å². The van der Waals surface area contributed by atoms with E-state index in [1.165, 1.54) is 30.6 Å². The monoisotopic (exact) mass is 424 g/mol. The Morgan fingerprint density at radius 3 is 2.43 bits per heavy atom. The molecule has 1 aromatic heterocycles. The van der Waals surface area contributed by atoms with Gasteiger partial charge in [0.25, 0.3) is 0 Å². The third-order valence-corrected chi connectivity index (χ3v) is 6.66. The molecule has 0 saturated carbocycles. The Hall–Kier alpha value is -3.32. The fraction of sp³-hybridized carbons (Fsp3) is 0.130. The van der Waals surface area contributed by atoms with Crippen molar-refractivity contribution in [3.05, 3.63) is 102 Å². The molecule has 1 atom stereocenters. The molecule has 0 aliphatic rings. The number of nitrogens with zero attached hydrogens (tertiary/aromatic N) is 1. The highest BCUT2D eigenvalue weighted by atomic mass is 32.2. The molecule has 0 aliphatic heterocycles. The molecule has 1 heterocycles. The summed E-state index contributed by atoms with van der Waals surface area (Å²) >= 11 is 0. The zero-order valence-electron chi connectivity index (χ0n) is 16.3. The van der Waals surface area contributed by atoms with Crippen molar-refractivity contribution in [1.82, 2.24) is 10.3 Å². The smallest absolute Gasteiger partial charge is 0.244 e. The molecule has 5 nitrogen and oxygen atoms in total. The van der Waals surface area contributed by atoms with Gasteiger partial charge in [0.05, 0.1) is 4.90 Å². The predicted octanol–water partition coefficient (Wildman–Crippen LogP) is 3.87. The molecular formula is C23H21FN2O3S. The van der Waals surface area contributed by atoms with Crippen LogP contribution < -0.4 is 5.32 Å². The Balaban J connectivity index is 1.79. The van der Waals surface area contributed by atoms with Gasteiger partial charge >= 0.3 is 0 Å². The molecule has 0 fully saturated rings. The zero-order valence-corrected chi connectivity index (χ0v) is 17.1. The lowest BCUT2D eigenvalue weighted by Gasteiger charge is -2.18. The number of hydrogen-bond donors (Lipinski definition) is 1. The van der Waals surface area contributed by atoms with E-state index in [9.17, 15) is 17.6 Å². The normalized spacial score (nSPS) is 12.6. The number of carbonyl (C=O) groups is 1. The van der Waals surface area contributed by atoms with Gasteiger partial charge < -0.3 is 5.32 Å². The summed E-state index contributed by atoms with van der Waals surface area (Å²) in [5.74, 6) is -0.944. The van der Waals surface area contributed by atoms with Gasteiger partial charge in [-0.05, 0) is 54.5 Å². The van der Waals surface area contributed by atoms with E-state index in [4.69, 9.17) is 0 Å². The number of pyridine rings is 1. The minimum absolute atomic E-state index is 0.0257. The number of rotatable bonds is 7. The molecule has 0 bridgehead atoms. The maximum absolute atomic E-state index is 13.2. The first-order chi connectivity index (χ1) is 14.4. The summed E-state index contributed by atoms with van der Waals surface area (Å²) in [4.78, 5) is 16.2. The zero-order chi connectivity index (χ0) is 21.6. The molecule has 3 rings (SSSR count). The van der Waals surface area contributed by atoms with E-state index in [0.29, 0.717) is 5.56 Å². The first-order valence-corrected chi connectivity index (χ1v) is 10.8. The third kappa shape index (κ3) is 5.39. The molecule has 1 N–H and O–H groups in total. The highest BCUT2D eigenvalue weighted by Crippen LogP contribution is 2.28. The Bertz CT molecular complexity index is 1130. The van der Waals surface area contributed by atoms with Crippen LogP contribution in [0.5, 0.6) is 0 Å². The van der Waals surface area contributed by atoms with Crippen molar-refractivity contribution in [3.8, 4) is 0 Å². The Morgan fingerprint density at radius 1 is 1.10 bits per heavy atom. The molecule has 1 unspecified atom stereocenters. The van der Waals surface area contributed by atoms with Gasteiger partial charge in [0, 0.05) is 25.0 Å². The van der Waals surface area contributed by atoms with E-state index in [-0.39, 0.29) is 11.4 Å². The third-order valence-electron chi connectivity index (χ3n) is 4.54. The summed E-state index contributed by atoms with van der Waals surface area (Å²) < 4.78 is 39.5. The van der Waals surface area contributed by atoms with E-state index in [1.54, 1.807) is 18.2 Å². The van der Waals surface area contributed by atoms with Crippen molar-refractivity contribution in [3.63, 3.8) is 0 Å². The molecule has 154 valence electrons. The van der Waals surface area contributed by atoms with Crippen molar-refractivity contribution >= 4 is 21.8 Å². The van der Waals surface area contributed by atoms with Crippen molar-refractivity contribution in [2.45, 2.75) is 17.1 Å². The second-order valence-corrected chi connectivity index (χ2v) is 8.89. The van der Waals surface area contributed by atoms with Crippen LogP contribution in [-0.2, 0) is 14.6 Å². The van der Waals surface area contributed by atoms with Crippen LogP contribution >= 0.6 is 0 Å². The predicted molar refractivity (Wildman–Crippen MR) is 114 cm³/mol. The first kappa shape index (κ1) is 21.4. The van der Waals surface area contributed by atoms with Gasteiger partial charge in [-0.25, -0.2) is 12.8 Å². The van der Waals surface area contributed by atoms with Crippen LogP contribution in [0.2, 0.25) is 0 Å². The van der Waals surface area contributed by atoms with Crippen LogP contribution in [0.3, 0.4) is 0 Å². The molecular weight excluding hydrogens is 403 g/mol. The van der Waals surface area contributed by atoms with E-state index < -0.39 is 26.8 Å². The summed E-state index contributed by atoms with van der Waals surface area (Å²) in [7, 11) is -3.88. The number of aryl methyl sites for hydroxylation is 1. The minimum Gasteiger partial charge on any atom is -0.351 e. The topological polar surface area (TPSA) is 76.1 Å². The first-order valence-electron chi connectivity index (χ1n) is 9.28. The number of nitrogens with one attached hydrogen (secondary N) is 1. The van der Waals surface area contributed by atoms with Gasteiger partial charge in [-0.15, -0.1) is 0 Å². The molecule has 0 radical (unpaired) electrons. The molecule has 1 amide bonds. The number of aromatic nitrogens is 1. The number of amides is 1. The molecule has 2 aromatic carbocycles. The second-order valence-electron chi connectivity index (χ2n) is 6.76. The average molecular weight is 424 g/mol. The van der Waals surface area contributed by atoms with E-state index >= 15 is 0 Å². The summed E-state index contributed by atoms with van der Waals surface area (Å²) in [5.41, 5.74) is 2.41. The largest absolute Gasteiger partial charge is 0.351 e. The van der Waals surface area contributed by atoms with Crippen molar-refractivity contribution in [1.29, 1.82) is 0 Å². The Morgan fingerprint density at radius 2 is 1.80 bits per heavy atom. The van der Waals surface area contributed by atoms with Crippen LogP contribution in [0.25, 0.3) is 6.08 Å². The van der Waals surface area contributed by atoms with E-state index in [0.717, 1.165) is 23.3 Å². The minimum atomic E-state index is -3.88. The van der Waals surface area contributed by atoms with Gasteiger partial charge in [-0.3, -0.25) is 9.78 Å². The number of carbonyl (C=O) groups excluding carboxylic acids is 1. The number of hydrogen-bond acceptors (Lipinski definition) is 4. The van der Waals surface area contributed by atoms with Gasteiger partial charge in [-0.2, -0.15) is 0 Å². The van der Waals surface area contributed by atoms with E-state index in [1.807, 2.05) is 31.2 Å². The van der Waals surface area contributed by atoms with Gasteiger partial charge in [0.15, 0.2) is 9.84 Å². The molecule has 0 aliphatic carbocycles. The summed E-state index contributed by atoms with van der Waals surface area (Å²) in [5, 5.41) is 1.58. The second kappa shape index (κ2) is 9.45. The van der Waals surface area contributed by atoms with Crippen LogP contribution in [0, 0.1) is 12.7 Å². The highest BCUT2D eigenvalue weighted by Gasteiger charge is 2.29. The highest BCUT2D eigenvalue weighted by molar-refractivity contribution is 7.91. The van der Waals surface area contributed by atoms with Gasteiger partial charge in [0.2, 0.25) is 5.91 Å². The lowest BCUT2D eigenvalue weighted by molar-refractivity contribution is -0.116. The molecule has 0 spiro atoms. The molecule has 3 aromatic rings.